The number of rotatable bonds is 6. The largest absolute Gasteiger partial charge is 0.691 e. The second-order valence-corrected chi connectivity index (χ2v) is 4.86. The molecule has 0 spiro atoms. The molecule has 8 heteroatoms. The third-order valence-corrected chi connectivity index (χ3v) is 3.54. The second kappa shape index (κ2) is 7.03. The van der Waals surface area contributed by atoms with E-state index in [1.807, 2.05) is 0 Å². The monoisotopic (exact) mass is 281 g/mol. The van der Waals surface area contributed by atoms with E-state index in [2.05, 4.69) is 9.37 Å². The third kappa shape index (κ3) is 3.91. The number of halogens is 1. The van der Waals surface area contributed by atoms with Crippen LogP contribution in [-0.2, 0) is 23.7 Å². The van der Waals surface area contributed by atoms with Gasteiger partial charge in [-0.2, -0.15) is 4.33 Å². The third-order valence-electron chi connectivity index (χ3n) is 2.70. The van der Waals surface area contributed by atoms with Gasteiger partial charge in [0.1, 0.15) is 0 Å². The smallest absolute Gasteiger partial charge is 0.357 e. The van der Waals surface area contributed by atoms with Crippen LogP contribution in [-0.4, -0.2) is 22.9 Å². The van der Waals surface area contributed by atoms with E-state index in [1.54, 1.807) is 0 Å². The molecule has 0 aromatic heterocycles. The fourth-order valence-corrected chi connectivity index (χ4v) is 1.97. The quantitative estimate of drug-likeness (QED) is 0.310. The summed E-state index contributed by atoms with van der Waals surface area (Å²) in [6.45, 7) is 1.38. The molecule has 2 unspecified atom stereocenters. The molecule has 0 aromatic carbocycles. The van der Waals surface area contributed by atoms with Crippen molar-refractivity contribution in [3.63, 3.8) is 0 Å². The van der Waals surface area contributed by atoms with Gasteiger partial charge >= 0.3 is 5.97 Å². The van der Waals surface area contributed by atoms with Gasteiger partial charge in [0.2, 0.25) is 0 Å². The zero-order valence-corrected chi connectivity index (χ0v) is 10.7. The molecule has 0 aliphatic heterocycles. The Labute approximate surface area is 108 Å². The standard InChI is InChI=1S/C10H15FO6S/c1-2-10(11,18-17-16-14)9(13)15-8-6-4-3-5-7(8)12/h8,14H,2-6H2,1H3/p-1. The number of hydrogen-bond acceptors (Lipinski definition) is 7. The van der Waals surface area contributed by atoms with Gasteiger partial charge in [-0.15, -0.1) is 0 Å². The van der Waals surface area contributed by atoms with Crippen LogP contribution in [0, 0.1) is 0 Å². The fourth-order valence-electron chi connectivity index (χ4n) is 1.60. The highest BCUT2D eigenvalue weighted by molar-refractivity contribution is 7.96. The molecule has 104 valence electrons. The van der Waals surface area contributed by atoms with Crippen molar-refractivity contribution in [1.29, 1.82) is 0 Å². The van der Waals surface area contributed by atoms with E-state index >= 15 is 0 Å². The number of hydrogen-bond donors (Lipinski definition) is 0. The molecular formula is C10H14FO6S-. The van der Waals surface area contributed by atoms with Crippen molar-refractivity contribution in [3.8, 4) is 0 Å². The molecule has 1 aliphatic carbocycles. The molecule has 2 atom stereocenters. The van der Waals surface area contributed by atoms with Gasteiger partial charge in [-0.05, 0) is 19.3 Å². The highest BCUT2D eigenvalue weighted by Crippen LogP contribution is 2.34. The van der Waals surface area contributed by atoms with Crippen molar-refractivity contribution in [2.45, 2.75) is 50.1 Å². The van der Waals surface area contributed by atoms with Crippen molar-refractivity contribution >= 4 is 23.8 Å². The van der Waals surface area contributed by atoms with Crippen LogP contribution in [0.4, 0.5) is 4.39 Å². The molecule has 0 heterocycles. The zero-order valence-electron chi connectivity index (χ0n) is 9.85. The highest BCUT2D eigenvalue weighted by atomic mass is 32.2. The Morgan fingerprint density at radius 2 is 2.33 bits per heavy atom. The van der Waals surface area contributed by atoms with Crippen molar-refractivity contribution in [1.82, 2.24) is 0 Å². The van der Waals surface area contributed by atoms with E-state index in [0.717, 1.165) is 12.8 Å². The average Bonchev–Trinajstić information content (AvgIpc) is 2.38. The number of ether oxygens (including phenoxy) is 1. The topological polar surface area (TPSA) is 84.9 Å². The molecule has 0 saturated heterocycles. The molecule has 0 aromatic rings. The van der Waals surface area contributed by atoms with Gasteiger partial charge in [0, 0.05) is 12.8 Å². The minimum atomic E-state index is -2.55. The molecule has 1 aliphatic rings. The summed E-state index contributed by atoms with van der Waals surface area (Å²) in [5.41, 5.74) is 0. The van der Waals surface area contributed by atoms with Crippen molar-refractivity contribution in [3.05, 3.63) is 0 Å². The van der Waals surface area contributed by atoms with Gasteiger partial charge in [-0.25, -0.2) is 9.18 Å². The first-order valence-corrected chi connectivity index (χ1v) is 6.34. The minimum absolute atomic E-state index is 0.0655. The average molecular weight is 281 g/mol. The van der Waals surface area contributed by atoms with E-state index < -0.39 is 17.1 Å². The van der Waals surface area contributed by atoms with Crippen LogP contribution in [0.25, 0.3) is 0 Å². The number of ketones is 1. The molecular weight excluding hydrogens is 267 g/mol. The Hall–Kier alpha value is -0.700. The maximum Gasteiger partial charge on any atom is 0.357 e. The van der Waals surface area contributed by atoms with E-state index in [-0.39, 0.29) is 24.2 Å². The van der Waals surface area contributed by atoms with Crippen molar-refractivity contribution < 1.29 is 33.3 Å². The molecule has 0 bridgehead atoms. The zero-order chi connectivity index (χ0) is 13.6. The Bertz CT molecular complexity index is 313. The summed E-state index contributed by atoms with van der Waals surface area (Å²) in [7, 11) is 0. The lowest BCUT2D eigenvalue weighted by Crippen LogP contribution is -2.38. The van der Waals surface area contributed by atoms with Gasteiger partial charge in [-0.1, -0.05) is 6.92 Å². The highest BCUT2D eigenvalue weighted by Gasteiger charge is 2.43. The maximum absolute atomic E-state index is 14.0. The summed E-state index contributed by atoms with van der Waals surface area (Å²) < 4.78 is 22.7. The van der Waals surface area contributed by atoms with Crippen molar-refractivity contribution in [2.75, 3.05) is 0 Å². The van der Waals surface area contributed by atoms with Crippen LogP contribution in [0.5, 0.6) is 0 Å². The summed E-state index contributed by atoms with van der Waals surface area (Å²) in [4.78, 5) is 23.1. The van der Waals surface area contributed by atoms with Crippen LogP contribution < -0.4 is 5.26 Å². The first-order chi connectivity index (χ1) is 8.53. The lowest BCUT2D eigenvalue weighted by molar-refractivity contribution is -0.777. The molecule has 0 amide bonds. The van der Waals surface area contributed by atoms with Crippen molar-refractivity contribution in [2.24, 2.45) is 0 Å². The number of esters is 1. The number of carbonyl (C=O) groups is 2. The summed E-state index contributed by atoms with van der Waals surface area (Å²) >= 11 is -0.0655. The maximum atomic E-state index is 14.0. The van der Waals surface area contributed by atoms with Crippen LogP contribution in [0.15, 0.2) is 0 Å². The summed E-state index contributed by atoms with van der Waals surface area (Å²) in [6.07, 6.45) is 1.05. The number of carbonyl (C=O) groups excluding carboxylic acids is 2. The molecule has 1 rings (SSSR count). The van der Waals surface area contributed by atoms with E-state index in [0.29, 0.717) is 12.8 Å². The van der Waals surface area contributed by atoms with Crippen LogP contribution in [0.2, 0.25) is 0 Å². The van der Waals surface area contributed by atoms with E-state index in [1.165, 1.54) is 6.92 Å². The molecule has 0 radical (unpaired) electrons. The van der Waals surface area contributed by atoms with E-state index in [4.69, 9.17) is 4.74 Å². The van der Waals surface area contributed by atoms with Gasteiger partial charge in [0.05, 0.1) is 12.0 Å². The normalized spacial score (nSPS) is 23.5. The van der Waals surface area contributed by atoms with Gasteiger partial charge in [-0.3, -0.25) is 9.83 Å². The van der Waals surface area contributed by atoms with Gasteiger partial charge in [0.15, 0.2) is 11.9 Å². The molecule has 0 N–H and O–H groups in total. The molecule has 18 heavy (non-hydrogen) atoms. The lowest BCUT2D eigenvalue weighted by atomic mass is 9.96. The predicted octanol–water partition coefficient (Wildman–Crippen LogP) is 0.989. The molecule has 1 fully saturated rings. The number of Topliss-reactive ketones (excluding diaryl/α,β-unsaturated/α-hetero) is 1. The Morgan fingerprint density at radius 1 is 1.61 bits per heavy atom. The Kier molecular flexibility index (Phi) is 6.00. The van der Waals surface area contributed by atoms with Crippen LogP contribution in [0.1, 0.15) is 39.0 Å². The summed E-state index contributed by atoms with van der Waals surface area (Å²) in [5.74, 6) is -1.44. The molecule has 1 saturated carbocycles. The second-order valence-electron chi connectivity index (χ2n) is 3.91. The van der Waals surface area contributed by atoms with Gasteiger partial charge < -0.3 is 9.99 Å². The predicted molar refractivity (Wildman–Crippen MR) is 57.2 cm³/mol. The number of alkyl halides is 1. The molecule has 6 nitrogen and oxygen atoms in total. The fraction of sp³-hybridized carbons (Fsp3) is 0.800. The van der Waals surface area contributed by atoms with Crippen LogP contribution in [0.3, 0.4) is 0 Å². The lowest BCUT2D eigenvalue weighted by Gasteiger charge is -2.25. The van der Waals surface area contributed by atoms with Crippen LogP contribution >= 0.6 is 12.0 Å². The van der Waals surface area contributed by atoms with E-state index in [9.17, 15) is 19.2 Å². The summed E-state index contributed by atoms with van der Waals surface area (Å²) in [5, 5.41) is 10.1. The first kappa shape index (κ1) is 15.4. The van der Waals surface area contributed by atoms with Gasteiger partial charge in [0.25, 0.3) is 5.00 Å². The Morgan fingerprint density at radius 3 is 2.89 bits per heavy atom. The SMILES string of the molecule is CCC(F)(SOO[O-])C(=O)OC1CCCCC1=O. The Balaban J connectivity index is 2.58. The minimum Gasteiger partial charge on any atom is -0.691 e. The summed E-state index contributed by atoms with van der Waals surface area (Å²) in [6, 6.07) is 0. The first-order valence-electron chi connectivity index (χ1n) is 5.60.